The molecule has 0 amide bonds. The van der Waals surface area contributed by atoms with Crippen LogP contribution in [0.4, 0.5) is 0 Å². The van der Waals surface area contributed by atoms with Crippen molar-refractivity contribution in [3.63, 3.8) is 0 Å². The van der Waals surface area contributed by atoms with E-state index in [1.54, 1.807) is 11.3 Å². The molecule has 1 fully saturated rings. The van der Waals surface area contributed by atoms with Crippen LogP contribution in [0.25, 0.3) is 10.7 Å². The van der Waals surface area contributed by atoms with E-state index in [2.05, 4.69) is 31.4 Å². The summed E-state index contributed by atoms with van der Waals surface area (Å²) in [5.41, 5.74) is 0. The van der Waals surface area contributed by atoms with Gasteiger partial charge in [-0.05, 0) is 47.4 Å². The fourth-order valence-electron chi connectivity index (χ4n) is 1.81. The standard InChI is InChI=1S/C10H10BrN3OS/c11-8-4-3-7(16-8)9-13-10(15-14-9)6-2-1-5-12-6/h3-4,6,12H,1-2,5H2/t6-/m0/s1. The third kappa shape index (κ3) is 1.92. The third-order valence-electron chi connectivity index (χ3n) is 2.59. The van der Waals surface area contributed by atoms with Crippen molar-refractivity contribution in [3.05, 3.63) is 21.8 Å². The molecule has 0 spiro atoms. The van der Waals surface area contributed by atoms with E-state index in [-0.39, 0.29) is 6.04 Å². The summed E-state index contributed by atoms with van der Waals surface area (Å²) >= 11 is 5.03. The van der Waals surface area contributed by atoms with Crippen molar-refractivity contribution in [2.24, 2.45) is 0 Å². The smallest absolute Gasteiger partial charge is 0.244 e. The largest absolute Gasteiger partial charge is 0.337 e. The van der Waals surface area contributed by atoms with Gasteiger partial charge in [-0.15, -0.1) is 11.3 Å². The first-order valence-electron chi connectivity index (χ1n) is 5.15. The van der Waals surface area contributed by atoms with Crippen molar-refractivity contribution < 1.29 is 4.52 Å². The Morgan fingerprint density at radius 1 is 1.50 bits per heavy atom. The van der Waals surface area contributed by atoms with Crippen LogP contribution in [0.2, 0.25) is 0 Å². The first-order valence-corrected chi connectivity index (χ1v) is 6.76. The zero-order chi connectivity index (χ0) is 11.0. The predicted molar refractivity (Wildman–Crippen MR) is 65.3 cm³/mol. The topological polar surface area (TPSA) is 51.0 Å². The molecule has 0 radical (unpaired) electrons. The maximum Gasteiger partial charge on any atom is 0.244 e. The Bertz CT molecular complexity index is 490. The van der Waals surface area contributed by atoms with Crippen LogP contribution in [0, 0.1) is 0 Å². The van der Waals surface area contributed by atoms with E-state index in [0.29, 0.717) is 11.7 Å². The number of halogens is 1. The Morgan fingerprint density at radius 3 is 3.12 bits per heavy atom. The van der Waals surface area contributed by atoms with Crippen molar-refractivity contribution in [2.75, 3.05) is 6.54 Å². The van der Waals surface area contributed by atoms with Crippen LogP contribution >= 0.6 is 27.3 Å². The van der Waals surface area contributed by atoms with Crippen LogP contribution in [0.1, 0.15) is 24.8 Å². The monoisotopic (exact) mass is 299 g/mol. The quantitative estimate of drug-likeness (QED) is 0.926. The van der Waals surface area contributed by atoms with E-state index in [9.17, 15) is 0 Å². The van der Waals surface area contributed by atoms with Crippen molar-refractivity contribution in [1.82, 2.24) is 15.5 Å². The molecule has 0 aliphatic carbocycles. The zero-order valence-corrected chi connectivity index (χ0v) is 10.8. The minimum absolute atomic E-state index is 0.240. The van der Waals surface area contributed by atoms with Crippen molar-refractivity contribution in [1.29, 1.82) is 0 Å². The summed E-state index contributed by atoms with van der Waals surface area (Å²) in [5, 5.41) is 7.35. The summed E-state index contributed by atoms with van der Waals surface area (Å²) < 4.78 is 6.36. The molecule has 4 nitrogen and oxygen atoms in total. The van der Waals surface area contributed by atoms with Gasteiger partial charge in [-0.25, -0.2) is 0 Å². The SMILES string of the molecule is Brc1ccc(-c2noc([C@@H]3CCCN3)n2)s1. The van der Waals surface area contributed by atoms with Gasteiger partial charge in [0.1, 0.15) is 0 Å². The first kappa shape index (κ1) is 10.4. The highest BCUT2D eigenvalue weighted by atomic mass is 79.9. The normalized spacial score (nSPS) is 20.4. The highest BCUT2D eigenvalue weighted by molar-refractivity contribution is 9.11. The van der Waals surface area contributed by atoms with Gasteiger partial charge in [0, 0.05) is 0 Å². The molecule has 1 N–H and O–H groups in total. The molecule has 16 heavy (non-hydrogen) atoms. The lowest BCUT2D eigenvalue weighted by molar-refractivity contribution is 0.345. The molecule has 0 unspecified atom stereocenters. The first-order chi connectivity index (χ1) is 7.83. The van der Waals surface area contributed by atoms with Gasteiger partial charge in [-0.1, -0.05) is 5.16 Å². The lowest BCUT2D eigenvalue weighted by Gasteiger charge is -2.01. The summed E-state index contributed by atoms with van der Waals surface area (Å²) in [4.78, 5) is 5.45. The second-order valence-corrected chi connectivity index (χ2v) is 6.17. The molecule has 1 aliphatic rings. The molecule has 1 aliphatic heterocycles. The highest BCUT2D eigenvalue weighted by Gasteiger charge is 2.22. The van der Waals surface area contributed by atoms with E-state index in [1.165, 1.54) is 6.42 Å². The Hall–Kier alpha value is -0.720. The number of aromatic nitrogens is 2. The minimum Gasteiger partial charge on any atom is -0.337 e. The number of hydrogen-bond donors (Lipinski definition) is 1. The average Bonchev–Trinajstić information content (AvgIpc) is 2.97. The van der Waals surface area contributed by atoms with Gasteiger partial charge in [-0.3, -0.25) is 0 Å². The summed E-state index contributed by atoms with van der Waals surface area (Å²) in [7, 11) is 0. The summed E-state index contributed by atoms with van der Waals surface area (Å²) in [6.45, 7) is 1.03. The fourth-order valence-corrected chi connectivity index (χ4v) is 3.12. The van der Waals surface area contributed by atoms with Gasteiger partial charge < -0.3 is 9.84 Å². The van der Waals surface area contributed by atoms with E-state index < -0.39 is 0 Å². The highest BCUT2D eigenvalue weighted by Crippen LogP contribution is 2.30. The van der Waals surface area contributed by atoms with Crippen LogP contribution in [-0.2, 0) is 0 Å². The predicted octanol–water partition coefficient (Wildman–Crippen LogP) is 2.99. The van der Waals surface area contributed by atoms with Crippen LogP contribution in [0.15, 0.2) is 20.4 Å². The second kappa shape index (κ2) is 4.27. The fraction of sp³-hybridized carbons (Fsp3) is 0.400. The maximum atomic E-state index is 5.28. The van der Waals surface area contributed by atoms with Crippen molar-refractivity contribution >= 4 is 27.3 Å². The third-order valence-corrected chi connectivity index (χ3v) is 4.21. The molecule has 0 aromatic carbocycles. The van der Waals surface area contributed by atoms with Crippen LogP contribution in [0.5, 0.6) is 0 Å². The molecule has 2 aromatic rings. The molecule has 3 heterocycles. The number of nitrogens with zero attached hydrogens (tertiary/aromatic N) is 2. The number of thiophene rings is 1. The zero-order valence-electron chi connectivity index (χ0n) is 8.44. The number of rotatable bonds is 2. The van der Waals surface area contributed by atoms with Crippen molar-refractivity contribution in [3.8, 4) is 10.7 Å². The molecule has 0 bridgehead atoms. The Morgan fingerprint density at radius 2 is 2.44 bits per heavy atom. The van der Waals surface area contributed by atoms with Gasteiger partial charge in [0.25, 0.3) is 0 Å². The molecule has 2 aromatic heterocycles. The minimum atomic E-state index is 0.240. The van der Waals surface area contributed by atoms with Crippen LogP contribution in [0.3, 0.4) is 0 Å². The Balaban J connectivity index is 1.87. The molecule has 6 heteroatoms. The van der Waals surface area contributed by atoms with E-state index in [1.807, 2.05) is 12.1 Å². The Kier molecular flexibility index (Phi) is 2.79. The molecular weight excluding hydrogens is 290 g/mol. The lowest BCUT2D eigenvalue weighted by Crippen LogP contribution is -2.12. The molecule has 84 valence electrons. The van der Waals surface area contributed by atoms with Gasteiger partial charge in [0.2, 0.25) is 11.7 Å². The molecule has 3 rings (SSSR count). The molecule has 1 atom stereocenters. The average molecular weight is 300 g/mol. The van der Waals surface area contributed by atoms with E-state index in [0.717, 1.165) is 21.6 Å². The molecule has 0 saturated carbocycles. The number of hydrogen-bond acceptors (Lipinski definition) is 5. The van der Waals surface area contributed by atoms with Gasteiger partial charge >= 0.3 is 0 Å². The summed E-state index contributed by atoms with van der Waals surface area (Å²) in [6.07, 6.45) is 2.25. The van der Waals surface area contributed by atoms with Crippen molar-refractivity contribution in [2.45, 2.75) is 18.9 Å². The van der Waals surface area contributed by atoms with E-state index in [4.69, 9.17) is 4.52 Å². The van der Waals surface area contributed by atoms with E-state index >= 15 is 0 Å². The summed E-state index contributed by atoms with van der Waals surface area (Å²) in [5.74, 6) is 1.39. The molecular formula is C10H10BrN3OS. The Labute approximate surface area is 105 Å². The second-order valence-electron chi connectivity index (χ2n) is 3.71. The van der Waals surface area contributed by atoms with Gasteiger partial charge in [-0.2, -0.15) is 4.98 Å². The molecule has 1 saturated heterocycles. The maximum absolute atomic E-state index is 5.28. The summed E-state index contributed by atoms with van der Waals surface area (Å²) in [6, 6.07) is 4.22. The number of nitrogens with one attached hydrogen (secondary N) is 1. The van der Waals surface area contributed by atoms with Gasteiger partial charge in [0.05, 0.1) is 14.7 Å². The van der Waals surface area contributed by atoms with Crippen LogP contribution < -0.4 is 5.32 Å². The van der Waals surface area contributed by atoms with Crippen LogP contribution in [-0.4, -0.2) is 16.7 Å². The van der Waals surface area contributed by atoms with Gasteiger partial charge in [0.15, 0.2) is 0 Å². The lowest BCUT2D eigenvalue weighted by atomic mass is 10.2.